The number of hydrogen-bond donors (Lipinski definition) is 2. The van der Waals surface area contributed by atoms with Crippen LogP contribution in [0.1, 0.15) is 11.4 Å². The van der Waals surface area contributed by atoms with Gasteiger partial charge in [0.1, 0.15) is 6.54 Å². The van der Waals surface area contributed by atoms with Crippen molar-refractivity contribution in [1.29, 1.82) is 0 Å². The lowest BCUT2D eigenvalue weighted by Crippen LogP contribution is -2.36. The predicted octanol–water partition coefficient (Wildman–Crippen LogP) is 1.60. The van der Waals surface area contributed by atoms with Gasteiger partial charge < -0.3 is 15.1 Å². The summed E-state index contributed by atoms with van der Waals surface area (Å²) in [4.78, 5) is 0. The molecule has 0 aliphatic heterocycles. The number of benzene rings is 1. The first-order valence-corrected chi connectivity index (χ1v) is 7.17. The van der Waals surface area contributed by atoms with Crippen molar-refractivity contribution in [1.82, 2.24) is 14.6 Å². The third-order valence-electron chi connectivity index (χ3n) is 3.85. The molecule has 0 fully saturated rings. The molecule has 110 valence electrons. The molecule has 0 saturated heterocycles. The second kappa shape index (κ2) is 5.61. The van der Waals surface area contributed by atoms with E-state index in [0.29, 0.717) is 6.54 Å². The number of aryl methyl sites for hydroxylation is 2. The van der Waals surface area contributed by atoms with Crippen molar-refractivity contribution in [3.05, 3.63) is 54.1 Å². The molecule has 21 heavy (non-hydrogen) atoms. The Hall–Kier alpha value is -2.27. The molecule has 3 rings (SSSR count). The van der Waals surface area contributed by atoms with Crippen molar-refractivity contribution >= 4 is 11.0 Å². The number of fused-ring (bicyclic) bond motifs is 1. The highest BCUT2D eigenvalue weighted by Gasteiger charge is 2.21. The highest BCUT2D eigenvalue weighted by molar-refractivity contribution is 5.72. The number of imidazole rings is 1. The predicted molar refractivity (Wildman–Crippen MR) is 81.2 cm³/mol. The third kappa shape index (κ3) is 2.64. The molecule has 2 N–H and O–H groups in total. The Morgan fingerprint density at radius 2 is 2.00 bits per heavy atom. The van der Waals surface area contributed by atoms with Crippen molar-refractivity contribution < 1.29 is 9.77 Å². The van der Waals surface area contributed by atoms with E-state index in [0.717, 1.165) is 29.9 Å². The van der Waals surface area contributed by atoms with Crippen molar-refractivity contribution in [2.24, 2.45) is 7.05 Å². The van der Waals surface area contributed by atoms with Gasteiger partial charge in [0.15, 0.2) is 5.52 Å². The van der Waals surface area contributed by atoms with Gasteiger partial charge in [0.2, 0.25) is 5.52 Å². The van der Waals surface area contributed by atoms with Gasteiger partial charge in [-0.2, -0.15) is 0 Å². The maximum Gasteiger partial charge on any atom is 0.311 e. The highest BCUT2D eigenvalue weighted by Crippen LogP contribution is 2.14. The number of rotatable bonds is 5. The van der Waals surface area contributed by atoms with Crippen LogP contribution in [0.3, 0.4) is 0 Å². The summed E-state index contributed by atoms with van der Waals surface area (Å²) in [5.41, 5.74) is 3.07. The summed E-state index contributed by atoms with van der Waals surface area (Å²) in [5.74, 6) is 0.850. The Kier molecular flexibility index (Phi) is 3.66. The molecular weight excluding hydrogens is 264 g/mol. The van der Waals surface area contributed by atoms with Crippen molar-refractivity contribution in [3.8, 4) is 0 Å². The summed E-state index contributed by atoms with van der Waals surface area (Å²) in [6, 6.07) is 10.1. The van der Waals surface area contributed by atoms with E-state index >= 15 is 0 Å². The molecule has 0 aliphatic carbocycles. The van der Waals surface area contributed by atoms with Gasteiger partial charge in [-0.1, -0.05) is 6.07 Å². The fourth-order valence-electron chi connectivity index (χ4n) is 2.62. The molecule has 0 bridgehead atoms. The smallest absolute Gasteiger partial charge is 0.311 e. The summed E-state index contributed by atoms with van der Waals surface area (Å²) < 4.78 is 5.44. The van der Waals surface area contributed by atoms with Gasteiger partial charge in [-0.15, -0.1) is 0 Å². The SMILES string of the molecule is Cc1ccc2c(c1)[n+](C)c(CNCCn1cccc1)n2O. The van der Waals surface area contributed by atoms with Crippen LogP contribution in [0, 0.1) is 6.92 Å². The van der Waals surface area contributed by atoms with Crippen LogP contribution >= 0.6 is 0 Å². The first-order chi connectivity index (χ1) is 10.2. The van der Waals surface area contributed by atoms with Crippen LogP contribution in [0.5, 0.6) is 0 Å². The molecule has 3 aromatic rings. The fraction of sp³-hybridized carbons (Fsp3) is 0.312. The van der Waals surface area contributed by atoms with E-state index < -0.39 is 0 Å². The zero-order chi connectivity index (χ0) is 14.8. The van der Waals surface area contributed by atoms with Crippen LogP contribution in [0.2, 0.25) is 0 Å². The summed E-state index contributed by atoms with van der Waals surface area (Å²) >= 11 is 0. The summed E-state index contributed by atoms with van der Waals surface area (Å²) in [6.45, 7) is 4.46. The van der Waals surface area contributed by atoms with Gasteiger partial charge in [0.05, 0.1) is 7.05 Å². The third-order valence-corrected chi connectivity index (χ3v) is 3.85. The molecule has 5 nitrogen and oxygen atoms in total. The molecule has 0 unspecified atom stereocenters. The number of aromatic nitrogens is 3. The van der Waals surface area contributed by atoms with E-state index in [1.54, 1.807) is 0 Å². The lowest BCUT2D eigenvalue weighted by Gasteiger charge is -2.03. The minimum Gasteiger partial charge on any atom is -0.353 e. The maximum atomic E-state index is 10.3. The molecule has 0 amide bonds. The van der Waals surface area contributed by atoms with Gasteiger partial charge in [-0.05, 0) is 41.5 Å². The monoisotopic (exact) mass is 285 g/mol. The highest BCUT2D eigenvalue weighted by atomic mass is 16.5. The lowest BCUT2D eigenvalue weighted by atomic mass is 10.2. The normalized spacial score (nSPS) is 11.3. The number of nitrogens with zero attached hydrogens (tertiary/aromatic N) is 3. The van der Waals surface area contributed by atoms with E-state index in [-0.39, 0.29) is 0 Å². The average molecular weight is 285 g/mol. The van der Waals surface area contributed by atoms with Gasteiger partial charge in [-0.25, -0.2) is 4.57 Å². The molecule has 0 atom stereocenters. The zero-order valence-electron chi connectivity index (χ0n) is 12.5. The van der Waals surface area contributed by atoms with Crippen LogP contribution in [0.4, 0.5) is 0 Å². The average Bonchev–Trinajstić information content (AvgIpc) is 3.06. The molecule has 1 aromatic carbocycles. The zero-order valence-corrected chi connectivity index (χ0v) is 12.5. The van der Waals surface area contributed by atoms with E-state index in [1.165, 1.54) is 10.3 Å². The minimum atomic E-state index is 0.627. The number of nitrogens with one attached hydrogen (secondary N) is 1. The molecular formula is C16H21N4O+. The number of hydrogen-bond acceptors (Lipinski definition) is 2. The Balaban J connectivity index is 1.72. The molecule has 2 heterocycles. The summed E-state index contributed by atoms with van der Waals surface area (Å²) in [7, 11) is 1.98. The quantitative estimate of drug-likeness (QED) is 0.425. The molecule has 2 aromatic heterocycles. The molecule has 0 saturated carbocycles. The van der Waals surface area contributed by atoms with Crippen molar-refractivity contribution in [2.75, 3.05) is 6.54 Å². The lowest BCUT2D eigenvalue weighted by molar-refractivity contribution is -0.655. The topological polar surface area (TPSA) is 46.0 Å². The van der Waals surface area contributed by atoms with E-state index in [1.807, 2.05) is 48.3 Å². The molecule has 5 heteroatoms. The van der Waals surface area contributed by atoms with Gasteiger partial charge >= 0.3 is 5.82 Å². The van der Waals surface area contributed by atoms with Gasteiger partial charge in [0.25, 0.3) is 0 Å². The fourth-order valence-corrected chi connectivity index (χ4v) is 2.62. The molecule has 0 radical (unpaired) electrons. The Labute approximate surface area is 124 Å². The van der Waals surface area contributed by atoms with Crippen molar-refractivity contribution in [3.63, 3.8) is 0 Å². The summed E-state index contributed by atoms with van der Waals surface area (Å²) in [5, 5.41) is 13.7. The summed E-state index contributed by atoms with van der Waals surface area (Å²) in [6.07, 6.45) is 4.10. The van der Waals surface area contributed by atoms with Gasteiger partial charge in [-0.3, -0.25) is 0 Å². The second-order valence-electron chi connectivity index (χ2n) is 5.38. The first-order valence-electron chi connectivity index (χ1n) is 7.17. The molecule has 0 spiro atoms. The molecule has 0 aliphatic rings. The van der Waals surface area contributed by atoms with E-state index in [2.05, 4.69) is 22.9 Å². The van der Waals surface area contributed by atoms with Gasteiger partial charge in [0, 0.05) is 25.5 Å². The Morgan fingerprint density at radius 3 is 2.76 bits per heavy atom. The maximum absolute atomic E-state index is 10.3. The van der Waals surface area contributed by atoms with E-state index in [9.17, 15) is 5.21 Å². The van der Waals surface area contributed by atoms with Crippen LogP contribution < -0.4 is 9.88 Å². The van der Waals surface area contributed by atoms with Crippen LogP contribution in [0.15, 0.2) is 42.7 Å². The van der Waals surface area contributed by atoms with Crippen LogP contribution in [-0.4, -0.2) is 21.0 Å². The largest absolute Gasteiger partial charge is 0.353 e. The van der Waals surface area contributed by atoms with Crippen LogP contribution in [-0.2, 0) is 20.1 Å². The van der Waals surface area contributed by atoms with Crippen molar-refractivity contribution in [2.45, 2.75) is 20.0 Å². The Morgan fingerprint density at radius 1 is 1.24 bits per heavy atom. The van der Waals surface area contributed by atoms with Crippen LogP contribution in [0.25, 0.3) is 11.0 Å². The van der Waals surface area contributed by atoms with E-state index in [4.69, 9.17) is 0 Å². The minimum absolute atomic E-state index is 0.627. The Bertz CT molecular complexity index is 743. The first kappa shape index (κ1) is 13.7. The second-order valence-corrected chi connectivity index (χ2v) is 5.38. The standard InChI is InChI=1S/C16H21N4O/c1-13-5-6-14-15(11-13)18(2)16(20(14)21)12-17-7-10-19-8-3-4-9-19/h3-6,8-9,11,17,21H,7,10,12H2,1-2H3/q+1.